The van der Waals surface area contributed by atoms with Crippen LogP contribution in [0.4, 0.5) is 26.3 Å². The number of halogens is 6. The van der Waals surface area contributed by atoms with Gasteiger partial charge in [0.15, 0.2) is 12.0 Å². The summed E-state index contributed by atoms with van der Waals surface area (Å²) in [6, 6.07) is -0.184. The van der Waals surface area contributed by atoms with Gasteiger partial charge < -0.3 is 9.72 Å². The lowest BCUT2D eigenvalue weighted by Gasteiger charge is -2.12. The van der Waals surface area contributed by atoms with E-state index in [1.54, 1.807) is 0 Å². The molecule has 1 N–H and O–H groups in total. The Hall–Kier alpha value is -2.00. The molecule has 0 saturated carbocycles. The molecule has 100 valence electrons. The topological polar surface area (TPSA) is 59.2 Å². The molecule has 0 aliphatic rings. The molecule has 10 heteroatoms. The molecule has 1 heterocycles. The molecular weight excluding hydrogens is 272 g/mol. The molecule has 0 aliphatic carbocycles. The second-order valence-corrected chi connectivity index (χ2v) is 2.95. The van der Waals surface area contributed by atoms with E-state index in [1.807, 2.05) is 0 Å². The summed E-state index contributed by atoms with van der Waals surface area (Å²) in [4.78, 5) is 22.6. The number of aromatic amines is 1. The first-order valence-corrected chi connectivity index (χ1v) is 4.10. The number of aldehydes is 1. The lowest BCUT2D eigenvalue weighted by molar-refractivity contribution is -0.275. The molecule has 0 spiro atoms. The highest BCUT2D eigenvalue weighted by molar-refractivity contribution is 5.74. The first-order valence-electron chi connectivity index (χ1n) is 4.10. The van der Waals surface area contributed by atoms with Gasteiger partial charge >= 0.3 is 12.5 Å². The van der Waals surface area contributed by atoms with Crippen molar-refractivity contribution >= 4 is 6.29 Å². The maximum atomic E-state index is 12.4. The van der Waals surface area contributed by atoms with Crippen molar-refractivity contribution in [1.29, 1.82) is 0 Å². The van der Waals surface area contributed by atoms with Crippen LogP contribution in [0.15, 0.2) is 10.9 Å². The van der Waals surface area contributed by atoms with Crippen LogP contribution in [-0.2, 0) is 6.18 Å². The monoisotopic (exact) mass is 275 g/mol. The van der Waals surface area contributed by atoms with Crippen molar-refractivity contribution < 1.29 is 35.9 Å². The standard InChI is InChI=1S/C8H3F6NO3/c9-7(10,11)3-1-5(18-8(12,13)14)6(17)15-4(3)2-16/h1-2H,(H,15,17). The number of rotatable bonds is 2. The Morgan fingerprint density at radius 2 is 1.72 bits per heavy atom. The highest BCUT2D eigenvalue weighted by Gasteiger charge is 2.37. The molecule has 1 rings (SSSR count). The summed E-state index contributed by atoms with van der Waals surface area (Å²) in [7, 11) is 0. The molecule has 0 amide bonds. The lowest BCUT2D eigenvalue weighted by atomic mass is 10.2. The van der Waals surface area contributed by atoms with Crippen LogP contribution < -0.4 is 10.3 Å². The number of alkyl halides is 6. The number of ether oxygens (including phenoxy) is 1. The van der Waals surface area contributed by atoms with Crippen LogP contribution >= 0.6 is 0 Å². The van der Waals surface area contributed by atoms with E-state index in [4.69, 9.17) is 0 Å². The fourth-order valence-electron chi connectivity index (χ4n) is 1.05. The summed E-state index contributed by atoms with van der Waals surface area (Å²) in [5.41, 5.74) is -4.50. The van der Waals surface area contributed by atoms with Crippen molar-refractivity contribution in [3.63, 3.8) is 0 Å². The van der Waals surface area contributed by atoms with Gasteiger partial charge in [0.2, 0.25) is 0 Å². The minimum absolute atomic E-state index is 0.184. The van der Waals surface area contributed by atoms with E-state index < -0.39 is 35.1 Å². The van der Waals surface area contributed by atoms with Crippen molar-refractivity contribution in [2.75, 3.05) is 0 Å². The number of hydrogen-bond donors (Lipinski definition) is 1. The SMILES string of the molecule is O=Cc1[nH]c(=O)c(OC(F)(F)F)cc1C(F)(F)F. The Morgan fingerprint density at radius 1 is 1.17 bits per heavy atom. The molecule has 0 bridgehead atoms. The smallest absolute Gasteiger partial charge is 0.400 e. The molecular formula is C8H3F6NO3. The number of H-pyrrole nitrogens is 1. The maximum absolute atomic E-state index is 12.4. The summed E-state index contributed by atoms with van der Waals surface area (Å²) in [5, 5.41) is 0. The summed E-state index contributed by atoms with van der Waals surface area (Å²) in [6.07, 6.45) is -10.8. The molecule has 0 atom stereocenters. The van der Waals surface area contributed by atoms with E-state index in [-0.39, 0.29) is 12.4 Å². The average molecular weight is 275 g/mol. The Labute approximate surface area is 94.2 Å². The predicted molar refractivity (Wildman–Crippen MR) is 44.1 cm³/mol. The quantitative estimate of drug-likeness (QED) is 0.664. The van der Waals surface area contributed by atoms with Gasteiger partial charge in [0.1, 0.15) is 0 Å². The highest BCUT2D eigenvalue weighted by atomic mass is 19.4. The minimum Gasteiger partial charge on any atom is -0.400 e. The third-order valence-corrected chi connectivity index (χ3v) is 1.69. The van der Waals surface area contributed by atoms with Crippen LogP contribution in [0.25, 0.3) is 0 Å². The Kier molecular flexibility index (Phi) is 3.40. The normalized spacial score (nSPS) is 12.3. The number of aromatic nitrogens is 1. The van der Waals surface area contributed by atoms with Gasteiger partial charge in [0.25, 0.3) is 5.56 Å². The van der Waals surface area contributed by atoms with E-state index in [9.17, 15) is 35.9 Å². The van der Waals surface area contributed by atoms with E-state index in [0.29, 0.717) is 0 Å². The Balaban J connectivity index is 3.40. The van der Waals surface area contributed by atoms with Gasteiger partial charge in [-0.15, -0.1) is 13.2 Å². The van der Waals surface area contributed by atoms with Crippen LogP contribution in [0.5, 0.6) is 5.75 Å². The van der Waals surface area contributed by atoms with Gasteiger partial charge in [-0.25, -0.2) is 0 Å². The number of hydrogen-bond acceptors (Lipinski definition) is 3. The highest BCUT2D eigenvalue weighted by Crippen LogP contribution is 2.32. The van der Waals surface area contributed by atoms with Crippen LogP contribution in [0.3, 0.4) is 0 Å². The second kappa shape index (κ2) is 4.35. The van der Waals surface area contributed by atoms with E-state index in [2.05, 4.69) is 4.74 Å². The zero-order chi connectivity index (χ0) is 14.1. The first-order chi connectivity index (χ1) is 8.04. The van der Waals surface area contributed by atoms with Gasteiger partial charge in [0, 0.05) is 6.07 Å². The van der Waals surface area contributed by atoms with Gasteiger partial charge in [-0.05, 0) is 0 Å². The van der Waals surface area contributed by atoms with E-state index in [0.717, 1.165) is 0 Å². The fourth-order valence-corrected chi connectivity index (χ4v) is 1.05. The van der Waals surface area contributed by atoms with Gasteiger partial charge in [-0.3, -0.25) is 9.59 Å². The van der Waals surface area contributed by atoms with Crippen molar-refractivity contribution in [1.82, 2.24) is 4.98 Å². The zero-order valence-corrected chi connectivity index (χ0v) is 8.15. The van der Waals surface area contributed by atoms with Crippen LogP contribution in [-0.4, -0.2) is 17.6 Å². The molecule has 0 unspecified atom stereocenters. The summed E-state index contributed by atoms with van der Waals surface area (Å²) >= 11 is 0. The van der Waals surface area contributed by atoms with Gasteiger partial charge in [-0.1, -0.05) is 0 Å². The largest absolute Gasteiger partial charge is 0.573 e. The molecule has 0 fully saturated rings. The average Bonchev–Trinajstić information content (AvgIpc) is 2.16. The molecule has 18 heavy (non-hydrogen) atoms. The molecule has 0 radical (unpaired) electrons. The maximum Gasteiger partial charge on any atom is 0.573 e. The molecule has 0 saturated heterocycles. The van der Waals surface area contributed by atoms with E-state index in [1.165, 1.54) is 4.98 Å². The molecule has 0 aromatic carbocycles. The summed E-state index contributed by atoms with van der Waals surface area (Å²) < 4.78 is 75.6. The van der Waals surface area contributed by atoms with E-state index >= 15 is 0 Å². The van der Waals surface area contributed by atoms with Crippen molar-refractivity contribution in [2.24, 2.45) is 0 Å². The van der Waals surface area contributed by atoms with Crippen LogP contribution in [0.1, 0.15) is 16.1 Å². The minimum atomic E-state index is -5.32. The second-order valence-electron chi connectivity index (χ2n) is 2.95. The fraction of sp³-hybridized carbons (Fsp3) is 0.250. The van der Waals surface area contributed by atoms with Crippen molar-refractivity contribution in [3.05, 3.63) is 27.7 Å². The van der Waals surface area contributed by atoms with Gasteiger partial charge in [0.05, 0.1) is 11.3 Å². The summed E-state index contributed by atoms with van der Waals surface area (Å²) in [5.74, 6) is -1.60. The Morgan fingerprint density at radius 3 is 2.11 bits per heavy atom. The third-order valence-electron chi connectivity index (χ3n) is 1.69. The number of nitrogens with one attached hydrogen (secondary N) is 1. The van der Waals surface area contributed by atoms with Crippen LogP contribution in [0, 0.1) is 0 Å². The predicted octanol–water partition coefficient (Wildman–Crippen LogP) is 2.10. The number of pyridine rings is 1. The molecule has 1 aromatic rings. The summed E-state index contributed by atoms with van der Waals surface area (Å²) in [6.45, 7) is 0. The van der Waals surface area contributed by atoms with Crippen LogP contribution in [0.2, 0.25) is 0 Å². The first kappa shape index (κ1) is 14.1. The van der Waals surface area contributed by atoms with Crippen molar-refractivity contribution in [3.8, 4) is 5.75 Å². The van der Waals surface area contributed by atoms with Gasteiger partial charge in [-0.2, -0.15) is 13.2 Å². The number of carbonyl (C=O) groups is 1. The third kappa shape index (κ3) is 3.25. The number of carbonyl (C=O) groups excluding carboxylic acids is 1. The molecule has 1 aromatic heterocycles. The molecule has 4 nitrogen and oxygen atoms in total. The Bertz CT molecular complexity index is 515. The lowest BCUT2D eigenvalue weighted by Crippen LogP contribution is -2.25. The zero-order valence-electron chi connectivity index (χ0n) is 8.15. The van der Waals surface area contributed by atoms with Crippen molar-refractivity contribution in [2.45, 2.75) is 12.5 Å². The molecule has 0 aliphatic heterocycles.